The Bertz CT molecular complexity index is 363. The molecule has 25 heavy (non-hydrogen) atoms. The third kappa shape index (κ3) is 9.43. The van der Waals surface area contributed by atoms with E-state index in [1.807, 2.05) is 7.05 Å². The SMILES string of the molecule is CCC1CCCC(NC(=NC)NCCCOCC2CCOCC2)C1.I. The van der Waals surface area contributed by atoms with Crippen molar-refractivity contribution < 1.29 is 9.47 Å². The summed E-state index contributed by atoms with van der Waals surface area (Å²) in [6.07, 6.45) is 9.90. The maximum atomic E-state index is 5.81. The summed E-state index contributed by atoms with van der Waals surface area (Å²) in [6, 6.07) is 0.583. The smallest absolute Gasteiger partial charge is 0.191 e. The number of nitrogens with one attached hydrogen (secondary N) is 2. The van der Waals surface area contributed by atoms with E-state index in [1.165, 1.54) is 32.1 Å². The fourth-order valence-corrected chi connectivity index (χ4v) is 3.72. The first kappa shape index (κ1) is 23.0. The van der Waals surface area contributed by atoms with Gasteiger partial charge in [-0.2, -0.15) is 0 Å². The largest absolute Gasteiger partial charge is 0.381 e. The minimum atomic E-state index is 0. The quantitative estimate of drug-likeness (QED) is 0.248. The molecule has 1 aliphatic heterocycles. The van der Waals surface area contributed by atoms with Crippen molar-refractivity contribution in [3.05, 3.63) is 0 Å². The number of rotatable bonds is 8. The van der Waals surface area contributed by atoms with Crippen molar-refractivity contribution >= 4 is 29.9 Å². The molecule has 0 spiro atoms. The minimum Gasteiger partial charge on any atom is -0.381 e. The second-order valence-electron chi connectivity index (χ2n) is 7.27. The molecule has 1 saturated carbocycles. The summed E-state index contributed by atoms with van der Waals surface area (Å²) >= 11 is 0. The van der Waals surface area contributed by atoms with Gasteiger partial charge in [0.15, 0.2) is 5.96 Å². The molecule has 0 aromatic heterocycles. The van der Waals surface area contributed by atoms with Gasteiger partial charge in [0.25, 0.3) is 0 Å². The van der Waals surface area contributed by atoms with Crippen molar-refractivity contribution in [3.8, 4) is 0 Å². The topological polar surface area (TPSA) is 54.9 Å². The van der Waals surface area contributed by atoms with E-state index in [9.17, 15) is 0 Å². The van der Waals surface area contributed by atoms with Crippen LogP contribution in [0.1, 0.15) is 58.3 Å². The van der Waals surface area contributed by atoms with Crippen LogP contribution in [-0.2, 0) is 9.47 Å². The molecule has 1 heterocycles. The van der Waals surface area contributed by atoms with Crippen molar-refractivity contribution in [3.63, 3.8) is 0 Å². The highest BCUT2D eigenvalue weighted by molar-refractivity contribution is 14.0. The summed E-state index contributed by atoms with van der Waals surface area (Å²) in [6.45, 7) is 6.73. The fourth-order valence-electron chi connectivity index (χ4n) is 3.72. The first-order valence-electron chi connectivity index (χ1n) is 9.94. The molecule has 0 aromatic rings. The summed E-state index contributed by atoms with van der Waals surface area (Å²) in [5, 5.41) is 7.02. The monoisotopic (exact) mass is 467 g/mol. The molecule has 6 heteroatoms. The zero-order valence-electron chi connectivity index (χ0n) is 16.1. The summed E-state index contributed by atoms with van der Waals surface area (Å²) in [5.41, 5.74) is 0. The van der Waals surface area contributed by atoms with Crippen LogP contribution in [0.2, 0.25) is 0 Å². The summed E-state index contributed by atoms with van der Waals surface area (Å²) < 4.78 is 11.2. The van der Waals surface area contributed by atoms with Crippen LogP contribution in [-0.4, -0.2) is 52.0 Å². The normalized spacial score (nSPS) is 25.3. The fraction of sp³-hybridized carbons (Fsp3) is 0.947. The molecule has 148 valence electrons. The Labute approximate surface area is 171 Å². The van der Waals surface area contributed by atoms with Crippen LogP contribution < -0.4 is 10.6 Å². The standard InChI is InChI=1S/C19H37N3O2.HI/c1-3-16-6-4-7-18(14-16)22-19(20-2)21-10-5-11-24-15-17-8-12-23-13-9-17;/h16-18H,3-15H2,1-2H3,(H2,20,21,22);1H. The number of aliphatic imine (C=N–C) groups is 1. The minimum absolute atomic E-state index is 0. The van der Waals surface area contributed by atoms with E-state index in [1.54, 1.807) is 0 Å². The Morgan fingerprint density at radius 2 is 1.96 bits per heavy atom. The average molecular weight is 467 g/mol. The number of ether oxygens (including phenoxy) is 2. The molecule has 1 aliphatic carbocycles. The van der Waals surface area contributed by atoms with E-state index in [4.69, 9.17) is 9.47 Å². The first-order valence-corrected chi connectivity index (χ1v) is 9.94. The van der Waals surface area contributed by atoms with Crippen LogP contribution in [0.25, 0.3) is 0 Å². The summed E-state index contributed by atoms with van der Waals surface area (Å²) in [5.74, 6) is 2.52. The summed E-state index contributed by atoms with van der Waals surface area (Å²) in [7, 11) is 1.86. The van der Waals surface area contributed by atoms with Crippen molar-refractivity contribution in [2.24, 2.45) is 16.8 Å². The van der Waals surface area contributed by atoms with Gasteiger partial charge in [-0.25, -0.2) is 0 Å². The maximum absolute atomic E-state index is 5.81. The molecular weight excluding hydrogens is 429 g/mol. The van der Waals surface area contributed by atoms with Crippen molar-refractivity contribution in [2.45, 2.75) is 64.3 Å². The Balaban J connectivity index is 0.00000312. The highest BCUT2D eigenvalue weighted by atomic mass is 127. The molecule has 5 nitrogen and oxygen atoms in total. The zero-order chi connectivity index (χ0) is 17.0. The molecule has 2 aliphatic rings. The van der Waals surface area contributed by atoms with Gasteiger partial charge in [-0.1, -0.05) is 26.2 Å². The van der Waals surface area contributed by atoms with Crippen molar-refractivity contribution in [1.82, 2.24) is 10.6 Å². The lowest BCUT2D eigenvalue weighted by molar-refractivity contribution is 0.0203. The van der Waals surface area contributed by atoms with Crippen LogP contribution in [0.15, 0.2) is 4.99 Å². The van der Waals surface area contributed by atoms with Crippen molar-refractivity contribution in [1.29, 1.82) is 0 Å². The van der Waals surface area contributed by atoms with Crippen LogP contribution >= 0.6 is 24.0 Å². The second-order valence-corrected chi connectivity index (χ2v) is 7.27. The van der Waals surface area contributed by atoms with E-state index in [-0.39, 0.29) is 24.0 Å². The molecule has 0 aromatic carbocycles. The number of guanidine groups is 1. The van der Waals surface area contributed by atoms with Crippen molar-refractivity contribution in [2.75, 3.05) is 40.0 Å². The van der Waals surface area contributed by atoms with E-state index >= 15 is 0 Å². The van der Waals surface area contributed by atoms with E-state index in [0.717, 1.165) is 64.1 Å². The van der Waals surface area contributed by atoms with Gasteiger partial charge in [0.1, 0.15) is 0 Å². The van der Waals surface area contributed by atoms with Crippen LogP contribution in [0.5, 0.6) is 0 Å². The van der Waals surface area contributed by atoms with Gasteiger partial charge in [0, 0.05) is 46.1 Å². The molecule has 2 fully saturated rings. The van der Waals surface area contributed by atoms with Gasteiger partial charge >= 0.3 is 0 Å². The molecule has 1 saturated heterocycles. The van der Waals surface area contributed by atoms with E-state index < -0.39 is 0 Å². The zero-order valence-corrected chi connectivity index (χ0v) is 18.4. The highest BCUT2D eigenvalue weighted by Crippen LogP contribution is 2.26. The Morgan fingerprint density at radius 1 is 1.16 bits per heavy atom. The number of nitrogens with zero attached hydrogens (tertiary/aromatic N) is 1. The van der Waals surface area contributed by atoms with Gasteiger partial charge < -0.3 is 20.1 Å². The number of hydrogen-bond acceptors (Lipinski definition) is 3. The number of halogens is 1. The van der Waals surface area contributed by atoms with Crippen LogP contribution in [0.3, 0.4) is 0 Å². The Morgan fingerprint density at radius 3 is 2.68 bits per heavy atom. The highest BCUT2D eigenvalue weighted by Gasteiger charge is 2.21. The predicted molar refractivity (Wildman–Crippen MR) is 115 cm³/mol. The lowest BCUT2D eigenvalue weighted by Crippen LogP contribution is -2.45. The average Bonchev–Trinajstić information content (AvgIpc) is 2.64. The lowest BCUT2D eigenvalue weighted by atomic mass is 9.84. The maximum Gasteiger partial charge on any atom is 0.191 e. The molecule has 2 atom stereocenters. The third-order valence-electron chi connectivity index (χ3n) is 5.38. The molecule has 0 amide bonds. The van der Waals surface area contributed by atoms with Crippen LogP contribution in [0.4, 0.5) is 0 Å². The van der Waals surface area contributed by atoms with Gasteiger partial charge in [-0.05, 0) is 43.9 Å². The van der Waals surface area contributed by atoms with Crippen LogP contribution in [0, 0.1) is 11.8 Å². The molecular formula is C19H38IN3O2. The molecule has 2 unspecified atom stereocenters. The third-order valence-corrected chi connectivity index (χ3v) is 5.38. The Kier molecular flexibility index (Phi) is 12.9. The predicted octanol–water partition coefficient (Wildman–Crippen LogP) is 3.57. The Hall–Kier alpha value is -0.0800. The summed E-state index contributed by atoms with van der Waals surface area (Å²) in [4.78, 5) is 4.36. The number of hydrogen-bond donors (Lipinski definition) is 2. The van der Waals surface area contributed by atoms with Gasteiger partial charge in [0.2, 0.25) is 0 Å². The molecule has 2 N–H and O–H groups in total. The van der Waals surface area contributed by atoms with E-state index in [2.05, 4.69) is 22.5 Å². The lowest BCUT2D eigenvalue weighted by Gasteiger charge is -2.30. The van der Waals surface area contributed by atoms with E-state index in [0.29, 0.717) is 12.0 Å². The van der Waals surface area contributed by atoms with Gasteiger partial charge in [-0.3, -0.25) is 4.99 Å². The molecule has 0 bridgehead atoms. The first-order chi connectivity index (χ1) is 11.8. The van der Waals surface area contributed by atoms with Gasteiger partial charge in [-0.15, -0.1) is 24.0 Å². The molecule has 0 radical (unpaired) electrons. The van der Waals surface area contributed by atoms with Gasteiger partial charge in [0.05, 0.1) is 0 Å². The second kappa shape index (κ2) is 14.0. The molecule has 2 rings (SSSR count).